The summed E-state index contributed by atoms with van der Waals surface area (Å²) in [6, 6.07) is 20.1. The van der Waals surface area contributed by atoms with Crippen LogP contribution in [0.5, 0.6) is 5.75 Å². The van der Waals surface area contributed by atoms with E-state index >= 15 is 0 Å². The summed E-state index contributed by atoms with van der Waals surface area (Å²) in [5, 5.41) is 8.06. The van der Waals surface area contributed by atoms with Crippen molar-refractivity contribution in [3.8, 4) is 5.75 Å². The number of benzene rings is 3. The fourth-order valence-electron chi connectivity index (χ4n) is 2.98. The highest BCUT2D eigenvalue weighted by Gasteiger charge is 2.10. The van der Waals surface area contributed by atoms with Crippen LogP contribution in [0.1, 0.15) is 21.5 Å². The molecule has 0 spiro atoms. The molecule has 0 aliphatic rings. The molecule has 1 N–H and O–H groups in total. The highest BCUT2D eigenvalue weighted by atomic mass is 35.5. The number of rotatable bonds is 7. The second-order valence-electron chi connectivity index (χ2n) is 7.03. The molecule has 5 nitrogen and oxygen atoms in total. The van der Waals surface area contributed by atoms with Crippen molar-refractivity contribution in [3.63, 3.8) is 0 Å². The van der Waals surface area contributed by atoms with Gasteiger partial charge in [-0.1, -0.05) is 41.4 Å². The van der Waals surface area contributed by atoms with Crippen LogP contribution in [0.4, 0.5) is 10.2 Å². The lowest BCUT2D eigenvalue weighted by atomic mass is 10.1. The van der Waals surface area contributed by atoms with Gasteiger partial charge in [-0.15, -0.1) is 0 Å². The van der Waals surface area contributed by atoms with Gasteiger partial charge in [-0.25, -0.2) is 4.39 Å². The minimum Gasteiger partial charge on any atom is -0.489 e. The third-order valence-corrected chi connectivity index (χ3v) is 5.27. The van der Waals surface area contributed by atoms with Crippen molar-refractivity contribution in [2.24, 2.45) is 0 Å². The Labute approximate surface area is 194 Å². The first-order chi connectivity index (χ1) is 15.5. The first-order valence-corrected chi connectivity index (χ1v) is 10.5. The van der Waals surface area contributed by atoms with E-state index in [0.29, 0.717) is 40.3 Å². The van der Waals surface area contributed by atoms with Gasteiger partial charge in [0.2, 0.25) is 0 Å². The van der Waals surface area contributed by atoms with E-state index < -0.39 is 5.82 Å². The van der Waals surface area contributed by atoms with Crippen molar-refractivity contribution in [3.05, 3.63) is 112 Å². The quantitative estimate of drug-likeness (QED) is 0.350. The summed E-state index contributed by atoms with van der Waals surface area (Å²) >= 11 is 11.9. The molecule has 0 saturated carbocycles. The van der Waals surface area contributed by atoms with E-state index in [0.717, 1.165) is 11.1 Å². The second-order valence-corrected chi connectivity index (χ2v) is 7.87. The number of anilines is 1. The van der Waals surface area contributed by atoms with E-state index in [4.69, 9.17) is 27.9 Å². The molecule has 0 saturated heterocycles. The van der Waals surface area contributed by atoms with Crippen molar-refractivity contribution in [2.75, 3.05) is 5.32 Å². The molecule has 4 rings (SSSR count). The molecule has 162 valence electrons. The van der Waals surface area contributed by atoms with E-state index in [9.17, 15) is 9.18 Å². The topological polar surface area (TPSA) is 56.2 Å². The third kappa shape index (κ3) is 5.66. The zero-order chi connectivity index (χ0) is 22.5. The van der Waals surface area contributed by atoms with Crippen LogP contribution in [0.2, 0.25) is 10.0 Å². The summed E-state index contributed by atoms with van der Waals surface area (Å²) in [4.78, 5) is 12.5. The van der Waals surface area contributed by atoms with Gasteiger partial charge in [-0.05, 0) is 59.7 Å². The van der Waals surface area contributed by atoms with E-state index in [1.54, 1.807) is 59.4 Å². The van der Waals surface area contributed by atoms with Crippen LogP contribution in [0.3, 0.4) is 0 Å². The van der Waals surface area contributed by atoms with Crippen LogP contribution < -0.4 is 10.1 Å². The van der Waals surface area contributed by atoms with Gasteiger partial charge in [0.15, 0.2) is 5.82 Å². The van der Waals surface area contributed by atoms with Gasteiger partial charge in [0.25, 0.3) is 5.91 Å². The Morgan fingerprint density at radius 2 is 1.75 bits per heavy atom. The summed E-state index contributed by atoms with van der Waals surface area (Å²) < 4.78 is 20.5. The first kappa shape index (κ1) is 21.9. The van der Waals surface area contributed by atoms with Gasteiger partial charge >= 0.3 is 0 Å². The average Bonchev–Trinajstić information content (AvgIpc) is 3.22. The van der Waals surface area contributed by atoms with Crippen LogP contribution in [0.15, 0.2) is 79.0 Å². The molecule has 0 bridgehead atoms. The van der Waals surface area contributed by atoms with Gasteiger partial charge in [0, 0.05) is 27.9 Å². The number of amides is 1. The Kier molecular flexibility index (Phi) is 6.73. The highest BCUT2D eigenvalue weighted by molar-refractivity contribution is 6.31. The van der Waals surface area contributed by atoms with Crippen LogP contribution in [-0.2, 0) is 13.2 Å². The maximum Gasteiger partial charge on any atom is 0.256 e. The zero-order valence-electron chi connectivity index (χ0n) is 16.8. The highest BCUT2D eigenvalue weighted by Crippen LogP contribution is 2.19. The lowest BCUT2D eigenvalue weighted by molar-refractivity contribution is 0.102. The Bertz CT molecular complexity index is 1220. The molecule has 4 aromatic rings. The Balaban J connectivity index is 1.33. The summed E-state index contributed by atoms with van der Waals surface area (Å²) in [6.45, 7) is 0.733. The van der Waals surface area contributed by atoms with Crippen molar-refractivity contribution in [1.29, 1.82) is 0 Å². The number of aromatic nitrogens is 2. The van der Waals surface area contributed by atoms with Crippen molar-refractivity contribution in [2.45, 2.75) is 13.2 Å². The Morgan fingerprint density at radius 1 is 1.00 bits per heavy atom. The van der Waals surface area contributed by atoms with Crippen molar-refractivity contribution in [1.82, 2.24) is 9.78 Å². The average molecular weight is 470 g/mol. The molecular formula is C24H18Cl2FN3O2. The second kappa shape index (κ2) is 9.85. The number of carbonyl (C=O) groups excluding carboxylic acids is 1. The van der Waals surface area contributed by atoms with Gasteiger partial charge in [0.05, 0.1) is 6.54 Å². The largest absolute Gasteiger partial charge is 0.489 e. The molecule has 3 aromatic carbocycles. The molecule has 32 heavy (non-hydrogen) atoms. The van der Waals surface area contributed by atoms with E-state index in [-0.39, 0.29) is 5.91 Å². The van der Waals surface area contributed by atoms with Gasteiger partial charge in [-0.3, -0.25) is 9.48 Å². The standard InChI is InChI=1S/C24H18Cl2FN3O2/c25-19-6-9-21(10-7-19)32-15-16-1-3-17(4-2-16)24(31)28-23-11-12-30(29-23)14-18-5-8-20(27)13-22(18)26/h1-13H,14-15H2,(H,28,29,31). The predicted octanol–water partition coefficient (Wildman–Crippen LogP) is 6.21. The molecule has 0 aliphatic carbocycles. The van der Waals surface area contributed by atoms with Gasteiger partial charge in [0.1, 0.15) is 18.2 Å². The zero-order valence-corrected chi connectivity index (χ0v) is 18.3. The summed E-state index contributed by atoms with van der Waals surface area (Å²) in [7, 11) is 0. The summed E-state index contributed by atoms with van der Waals surface area (Å²) in [6.07, 6.45) is 1.71. The number of hydrogen-bond donors (Lipinski definition) is 1. The number of nitrogens with zero attached hydrogens (tertiary/aromatic N) is 2. The van der Waals surface area contributed by atoms with E-state index in [1.807, 2.05) is 12.1 Å². The van der Waals surface area contributed by atoms with Crippen molar-refractivity contribution >= 4 is 34.9 Å². The molecule has 1 heterocycles. The van der Waals surface area contributed by atoms with Crippen LogP contribution >= 0.6 is 23.2 Å². The van der Waals surface area contributed by atoms with Gasteiger partial charge < -0.3 is 10.1 Å². The minimum atomic E-state index is -0.394. The number of hydrogen-bond acceptors (Lipinski definition) is 3. The smallest absolute Gasteiger partial charge is 0.256 e. The van der Waals surface area contributed by atoms with Crippen LogP contribution in [0, 0.1) is 5.82 Å². The fourth-order valence-corrected chi connectivity index (χ4v) is 3.33. The predicted molar refractivity (Wildman–Crippen MR) is 123 cm³/mol. The molecular weight excluding hydrogens is 452 g/mol. The fraction of sp³-hybridized carbons (Fsp3) is 0.0833. The normalized spacial score (nSPS) is 10.7. The van der Waals surface area contributed by atoms with E-state index in [1.165, 1.54) is 12.1 Å². The molecule has 0 unspecified atom stereocenters. The maximum atomic E-state index is 13.2. The van der Waals surface area contributed by atoms with Gasteiger partial charge in [-0.2, -0.15) is 5.10 Å². The number of ether oxygens (including phenoxy) is 1. The lowest BCUT2D eigenvalue weighted by Gasteiger charge is -2.07. The van der Waals surface area contributed by atoms with Crippen molar-refractivity contribution < 1.29 is 13.9 Å². The number of carbonyl (C=O) groups is 1. The Morgan fingerprint density at radius 3 is 2.47 bits per heavy atom. The molecule has 8 heteroatoms. The Hall–Kier alpha value is -3.35. The monoisotopic (exact) mass is 469 g/mol. The molecule has 0 aliphatic heterocycles. The minimum absolute atomic E-state index is 0.278. The number of nitrogens with one attached hydrogen (secondary N) is 1. The number of halogens is 3. The summed E-state index contributed by atoms with van der Waals surface area (Å²) in [5.41, 5.74) is 2.15. The molecule has 1 aromatic heterocycles. The van der Waals surface area contributed by atoms with E-state index in [2.05, 4.69) is 10.4 Å². The third-order valence-electron chi connectivity index (χ3n) is 4.66. The van der Waals surface area contributed by atoms with Crippen LogP contribution in [0.25, 0.3) is 0 Å². The molecule has 0 atom stereocenters. The molecule has 1 amide bonds. The maximum absolute atomic E-state index is 13.2. The first-order valence-electron chi connectivity index (χ1n) is 9.72. The molecule has 0 radical (unpaired) electrons. The summed E-state index contributed by atoms with van der Waals surface area (Å²) in [5.74, 6) is 0.451. The SMILES string of the molecule is O=C(Nc1ccn(Cc2ccc(F)cc2Cl)n1)c1ccc(COc2ccc(Cl)cc2)cc1. The molecule has 0 fully saturated rings. The lowest BCUT2D eigenvalue weighted by Crippen LogP contribution is -2.13. The van der Waals surface area contributed by atoms with Crippen LogP contribution in [-0.4, -0.2) is 15.7 Å².